The number of carbonyl (C=O) groups excluding carboxylic acids is 2. The van der Waals surface area contributed by atoms with Crippen molar-refractivity contribution in [1.82, 2.24) is 0 Å². The molecule has 0 aromatic carbocycles. The lowest BCUT2D eigenvalue weighted by Crippen LogP contribution is -2.12. The molecule has 0 spiro atoms. The first-order valence-electron chi connectivity index (χ1n) is 12.8. The molecule has 0 fully saturated rings. The zero-order chi connectivity index (χ0) is 22.5. The van der Waals surface area contributed by atoms with Crippen molar-refractivity contribution in [3.05, 3.63) is 0 Å². The van der Waals surface area contributed by atoms with E-state index in [2.05, 4.69) is 13.8 Å². The molecular weight excluding hydrogens is 376 g/mol. The first-order valence-corrected chi connectivity index (χ1v) is 12.8. The van der Waals surface area contributed by atoms with Crippen molar-refractivity contribution in [1.29, 1.82) is 0 Å². The van der Waals surface area contributed by atoms with Crippen LogP contribution in [0.3, 0.4) is 0 Å². The molecule has 0 heterocycles. The number of rotatable bonds is 21. The Bertz CT molecular complexity index is 406. The predicted molar refractivity (Wildman–Crippen MR) is 125 cm³/mol. The summed E-state index contributed by atoms with van der Waals surface area (Å²) in [6.07, 6.45) is 18.7. The van der Waals surface area contributed by atoms with Crippen molar-refractivity contribution < 1.29 is 19.1 Å². The van der Waals surface area contributed by atoms with E-state index in [9.17, 15) is 9.59 Å². The van der Waals surface area contributed by atoms with Crippen molar-refractivity contribution >= 4 is 11.9 Å². The molecule has 0 N–H and O–H groups in total. The maximum Gasteiger partial charge on any atom is 0.305 e. The van der Waals surface area contributed by atoms with Gasteiger partial charge in [0.15, 0.2) is 0 Å². The monoisotopic (exact) mass is 426 g/mol. The lowest BCUT2D eigenvalue weighted by atomic mass is 9.86. The lowest BCUT2D eigenvalue weighted by Gasteiger charge is -2.20. The minimum Gasteiger partial charge on any atom is -0.466 e. The number of ether oxygens (including phenoxy) is 2. The third-order valence-electron chi connectivity index (χ3n) is 5.98. The topological polar surface area (TPSA) is 52.6 Å². The molecule has 0 bridgehead atoms. The lowest BCUT2D eigenvalue weighted by molar-refractivity contribution is -0.144. The first kappa shape index (κ1) is 28.9. The van der Waals surface area contributed by atoms with E-state index in [0.717, 1.165) is 19.3 Å². The summed E-state index contributed by atoms with van der Waals surface area (Å²) in [5, 5.41) is 0. The Labute approximate surface area is 186 Å². The minimum absolute atomic E-state index is 0.0418. The van der Waals surface area contributed by atoms with E-state index in [4.69, 9.17) is 9.47 Å². The van der Waals surface area contributed by atoms with Crippen molar-refractivity contribution in [3.8, 4) is 0 Å². The second kappa shape index (κ2) is 21.2. The molecule has 0 aromatic heterocycles. The van der Waals surface area contributed by atoms with E-state index < -0.39 is 0 Å². The summed E-state index contributed by atoms with van der Waals surface area (Å²) in [5.74, 6) is 1.20. The molecule has 1 atom stereocenters. The normalized spacial score (nSPS) is 12.2. The second-order valence-corrected chi connectivity index (χ2v) is 8.93. The van der Waals surface area contributed by atoms with Crippen LogP contribution in [-0.4, -0.2) is 25.2 Å². The highest BCUT2D eigenvalue weighted by Gasteiger charge is 2.15. The summed E-state index contributed by atoms with van der Waals surface area (Å²) in [5.41, 5.74) is 0. The Balaban J connectivity index is 3.43. The molecule has 0 saturated heterocycles. The quantitative estimate of drug-likeness (QED) is 0.140. The number of hydrogen-bond acceptors (Lipinski definition) is 4. The van der Waals surface area contributed by atoms with Crippen molar-refractivity contribution in [2.24, 2.45) is 11.8 Å². The van der Waals surface area contributed by atoms with Gasteiger partial charge in [0.2, 0.25) is 0 Å². The average molecular weight is 427 g/mol. The maximum absolute atomic E-state index is 11.6. The van der Waals surface area contributed by atoms with Gasteiger partial charge in [-0.2, -0.15) is 0 Å². The van der Waals surface area contributed by atoms with Gasteiger partial charge in [-0.3, -0.25) is 9.59 Å². The molecule has 0 rings (SSSR count). The van der Waals surface area contributed by atoms with Crippen LogP contribution in [0, 0.1) is 11.8 Å². The highest BCUT2D eigenvalue weighted by molar-refractivity contribution is 5.69. The minimum atomic E-state index is -0.0473. The molecule has 0 saturated carbocycles. The summed E-state index contributed by atoms with van der Waals surface area (Å²) < 4.78 is 10.00. The number of hydrogen-bond donors (Lipinski definition) is 0. The zero-order valence-electron chi connectivity index (χ0n) is 20.5. The van der Waals surface area contributed by atoms with Gasteiger partial charge in [-0.15, -0.1) is 0 Å². The van der Waals surface area contributed by atoms with Gasteiger partial charge in [0.25, 0.3) is 0 Å². The Hall–Kier alpha value is -1.06. The van der Waals surface area contributed by atoms with Crippen LogP contribution in [0.25, 0.3) is 0 Å². The number of esters is 2. The number of unbranched alkanes of at least 4 members (excludes halogenated alkanes) is 11. The summed E-state index contributed by atoms with van der Waals surface area (Å²) in [7, 11) is 0. The van der Waals surface area contributed by atoms with Crippen LogP contribution in [0.1, 0.15) is 130 Å². The molecule has 1 unspecified atom stereocenters. The largest absolute Gasteiger partial charge is 0.466 e. The van der Waals surface area contributed by atoms with E-state index in [1.807, 2.05) is 13.8 Å². The van der Waals surface area contributed by atoms with Gasteiger partial charge in [-0.25, -0.2) is 0 Å². The van der Waals surface area contributed by atoms with Gasteiger partial charge in [0.1, 0.15) is 0 Å². The van der Waals surface area contributed by atoms with Crippen LogP contribution < -0.4 is 0 Å². The van der Waals surface area contributed by atoms with Crippen molar-refractivity contribution in [2.45, 2.75) is 130 Å². The van der Waals surface area contributed by atoms with Gasteiger partial charge in [0, 0.05) is 12.8 Å². The molecule has 0 amide bonds. The smallest absolute Gasteiger partial charge is 0.305 e. The second-order valence-electron chi connectivity index (χ2n) is 8.93. The van der Waals surface area contributed by atoms with Crippen LogP contribution in [0.15, 0.2) is 0 Å². The van der Waals surface area contributed by atoms with Gasteiger partial charge in [-0.05, 0) is 38.5 Å². The van der Waals surface area contributed by atoms with E-state index in [-0.39, 0.29) is 11.9 Å². The third-order valence-corrected chi connectivity index (χ3v) is 5.98. The predicted octanol–water partition coefficient (Wildman–Crippen LogP) is 7.63. The van der Waals surface area contributed by atoms with E-state index in [1.165, 1.54) is 70.6 Å². The Morgan fingerprint density at radius 1 is 0.567 bits per heavy atom. The summed E-state index contributed by atoms with van der Waals surface area (Å²) >= 11 is 0. The molecule has 0 aliphatic rings. The number of carbonyl (C=O) groups is 2. The highest BCUT2D eigenvalue weighted by atomic mass is 16.5. The molecule has 4 heteroatoms. The van der Waals surface area contributed by atoms with Crippen molar-refractivity contribution in [3.63, 3.8) is 0 Å². The third kappa shape index (κ3) is 18.9. The molecular formula is C26H50O4. The van der Waals surface area contributed by atoms with Crippen LogP contribution in [-0.2, 0) is 19.1 Å². The molecule has 178 valence electrons. The highest BCUT2D eigenvalue weighted by Crippen LogP contribution is 2.24. The Kier molecular flexibility index (Phi) is 20.4. The standard InChI is InChI=1S/C26H50O4/c1-5-29-25(27)20-18-16-14-12-10-8-7-9-11-13-15-17-19-24(23(3)4)21-22-26(28)30-6-2/h23-24H,5-22H2,1-4H3. The molecule has 0 radical (unpaired) electrons. The fraction of sp³-hybridized carbons (Fsp3) is 0.923. The van der Waals surface area contributed by atoms with Crippen LogP contribution in [0.5, 0.6) is 0 Å². The summed E-state index contributed by atoms with van der Waals surface area (Å²) in [6, 6.07) is 0. The summed E-state index contributed by atoms with van der Waals surface area (Å²) in [4.78, 5) is 22.8. The molecule has 0 aromatic rings. The molecule has 30 heavy (non-hydrogen) atoms. The van der Waals surface area contributed by atoms with Crippen LogP contribution in [0.2, 0.25) is 0 Å². The first-order chi connectivity index (χ1) is 14.5. The average Bonchev–Trinajstić information content (AvgIpc) is 2.70. The Morgan fingerprint density at radius 2 is 0.967 bits per heavy atom. The van der Waals surface area contributed by atoms with Crippen LogP contribution >= 0.6 is 0 Å². The fourth-order valence-corrected chi connectivity index (χ4v) is 4.02. The molecule has 0 aliphatic carbocycles. The van der Waals surface area contributed by atoms with Crippen LogP contribution in [0.4, 0.5) is 0 Å². The zero-order valence-corrected chi connectivity index (χ0v) is 20.5. The van der Waals surface area contributed by atoms with Crippen molar-refractivity contribution in [2.75, 3.05) is 13.2 Å². The summed E-state index contributed by atoms with van der Waals surface area (Å²) in [6.45, 7) is 9.26. The molecule has 4 nitrogen and oxygen atoms in total. The van der Waals surface area contributed by atoms with Gasteiger partial charge in [-0.1, -0.05) is 90.9 Å². The maximum atomic E-state index is 11.6. The van der Waals surface area contributed by atoms with Gasteiger partial charge in [0.05, 0.1) is 13.2 Å². The van der Waals surface area contributed by atoms with Gasteiger partial charge >= 0.3 is 11.9 Å². The fourth-order valence-electron chi connectivity index (χ4n) is 4.02. The SMILES string of the molecule is CCOC(=O)CCCCCCCCCCCCCCC(CCC(=O)OCC)C(C)C. The van der Waals surface area contributed by atoms with Gasteiger partial charge < -0.3 is 9.47 Å². The van der Waals surface area contributed by atoms with E-state index in [1.54, 1.807) is 0 Å². The molecule has 0 aliphatic heterocycles. The van der Waals surface area contributed by atoms with E-state index >= 15 is 0 Å². The Morgan fingerprint density at radius 3 is 1.40 bits per heavy atom. The van der Waals surface area contributed by atoms with E-state index in [0.29, 0.717) is 37.9 Å².